The average molecular weight is 171 g/mol. The van der Waals surface area contributed by atoms with Crippen molar-refractivity contribution in [3.8, 4) is 0 Å². The number of carbonyl (C=O) groups is 1. The van der Waals surface area contributed by atoms with Crippen molar-refractivity contribution in [2.24, 2.45) is 0 Å². The predicted molar refractivity (Wildman–Crippen MR) is 47.5 cm³/mol. The fraction of sp³-hybridized carbons (Fsp3) is 0.875. The molecule has 4 nitrogen and oxygen atoms in total. The van der Waals surface area contributed by atoms with Gasteiger partial charge in [-0.05, 0) is 19.4 Å². The van der Waals surface area contributed by atoms with Crippen molar-refractivity contribution in [2.45, 2.75) is 25.3 Å². The number of nitrogens with one attached hydrogen (secondary N) is 2. The zero-order valence-electron chi connectivity index (χ0n) is 7.76. The molecule has 0 spiro atoms. The highest BCUT2D eigenvalue weighted by molar-refractivity contribution is 5.81. The van der Waals surface area contributed by atoms with Gasteiger partial charge in [0.05, 0.1) is 6.04 Å². The molecular formula is C8H17N3O. The van der Waals surface area contributed by atoms with Gasteiger partial charge in [0.2, 0.25) is 0 Å². The molecule has 1 rings (SSSR count). The fourth-order valence-electron chi connectivity index (χ4n) is 1.37. The maximum atomic E-state index is 11.4. The lowest BCUT2D eigenvalue weighted by atomic mass is 10.0. The van der Waals surface area contributed by atoms with Crippen LogP contribution in [-0.4, -0.2) is 37.6 Å². The van der Waals surface area contributed by atoms with Gasteiger partial charge in [-0.1, -0.05) is 6.42 Å². The van der Waals surface area contributed by atoms with Crippen molar-refractivity contribution in [1.82, 2.24) is 15.8 Å². The summed E-state index contributed by atoms with van der Waals surface area (Å²) in [5.74, 6) is 0.0831. The maximum Gasteiger partial charge on any atom is 0.251 e. The van der Waals surface area contributed by atoms with Crippen molar-refractivity contribution in [1.29, 1.82) is 0 Å². The van der Waals surface area contributed by atoms with Crippen LogP contribution in [0.25, 0.3) is 0 Å². The van der Waals surface area contributed by atoms with Crippen molar-refractivity contribution in [3.05, 3.63) is 0 Å². The van der Waals surface area contributed by atoms with Crippen molar-refractivity contribution >= 4 is 5.91 Å². The second-order valence-corrected chi connectivity index (χ2v) is 3.37. The molecule has 1 aliphatic heterocycles. The summed E-state index contributed by atoms with van der Waals surface area (Å²) in [5.41, 5.74) is 2.74. The van der Waals surface area contributed by atoms with Crippen LogP contribution < -0.4 is 10.7 Å². The summed E-state index contributed by atoms with van der Waals surface area (Å²) >= 11 is 0. The molecule has 1 fully saturated rings. The molecule has 1 amide bonds. The minimum absolute atomic E-state index is 0.0150. The second-order valence-electron chi connectivity index (χ2n) is 3.37. The molecular weight excluding hydrogens is 154 g/mol. The molecule has 0 radical (unpaired) electrons. The molecule has 1 atom stereocenters. The van der Waals surface area contributed by atoms with Crippen molar-refractivity contribution in [2.75, 3.05) is 20.6 Å². The van der Waals surface area contributed by atoms with Gasteiger partial charge in [0.15, 0.2) is 0 Å². The first-order chi connectivity index (χ1) is 5.70. The van der Waals surface area contributed by atoms with Crippen LogP contribution in [0, 0.1) is 0 Å². The molecule has 0 aromatic rings. The van der Waals surface area contributed by atoms with Crippen LogP contribution in [0.2, 0.25) is 0 Å². The van der Waals surface area contributed by atoms with Gasteiger partial charge >= 0.3 is 0 Å². The van der Waals surface area contributed by atoms with Gasteiger partial charge in [-0.2, -0.15) is 0 Å². The quantitative estimate of drug-likeness (QED) is 0.562. The summed E-state index contributed by atoms with van der Waals surface area (Å²) in [4.78, 5) is 11.4. The first-order valence-corrected chi connectivity index (χ1v) is 4.41. The summed E-state index contributed by atoms with van der Waals surface area (Å²) in [7, 11) is 3.64. The smallest absolute Gasteiger partial charge is 0.251 e. The van der Waals surface area contributed by atoms with Crippen LogP contribution in [0.4, 0.5) is 0 Å². The summed E-state index contributed by atoms with van der Waals surface area (Å²) in [6.07, 6.45) is 3.30. The van der Waals surface area contributed by atoms with Crippen LogP contribution in [-0.2, 0) is 4.79 Å². The summed E-state index contributed by atoms with van der Waals surface area (Å²) < 4.78 is 0. The number of hydrogen-bond donors (Lipinski definition) is 2. The zero-order valence-corrected chi connectivity index (χ0v) is 7.76. The Kier molecular flexibility index (Phi) is 3.49. The van der Waals surface area contributed by atoms with E-state index in [4.69, 9.17) is 0 Å². The van der Waals surface area contributed by atoms with E-state index in [0.29, 0.717) is 0 Å². The molecule has 0 saturated carbocycles. The zero-order chi connectivity index (χ0) is 8.97. The number of nitrogens with zero attached hydrogens (tertiary/aromatic N) is 1. The van der Waals surface area contributed by atoms with Crippen LogP contribution in [0.1, 0.15) is 19.3 Å². The third-order valence-electron chi connectivity index (χ3n) is 1.96. The Balaban J connectivity index is 2.30. The SMILES string of the molecule is CN(C)NC(=O)[C@@H]1CCCCN1. The molecule has 0 unspecified atom stereocenters. The number of hydrogen-bond acceptors (Lipinski definition) is 3. The van der Waals surface area contributed by atoms with E-state index in [1.165, 1.54) is 6.42 Å². The van der Waals surface area contributed by atoms with Crippen LogP contribution in [0.5, 0.6) is 0 Å². The molecule has 0 aliphatic carbocycles. The van der Waals surface area contributed by atoms with Crippen molar-refractivity contribution < 1.29 is 4.79 Å². The topological polar surface area (TPSA) is 44.4 Å². The molecule has 12 heavy (non-hydrogen) atoms. The van der Waals surface area contributed by atoms with Gasteiger partial charge in [0.25, 0.3) is 5.91 Å². The number of piperidine rings is 1. The Morgan fingerprint density at radius 3 is 2.75 bits per heavy atom. The Morgan fingerprint density at radius 2 is 2.25 bits per heavy atom. The second kappa shape index (κ2) is 4.42. The summed E-state index contributed by atoms with van der Waals surface area (Å²) in [5, 5.41) is 4.86. The highest BCUT2D eigenvalue weighted by Gasteiger charge is 2.20. The standard InChI is InChI=1S/C8H17N3O/c1-11(2)10-8(12)7-5-3-4-6-9-7/h7,9H,3-6H2,1-2H3,(H,10,12)/t7-/m0/s1. The molecule has 0 aromatic carbocycles. The molecule has 0 bridgehead atoms. The first kappa shape index (κ1) is 9.48. The number of amides is 1. The van der Waals surface area contributed by atoms with Gasteiger partial charge in [0.1, 0.15) is 0 Å². The molecule has 1 saturated heterocycles. The van der Waals surface area contributed by atoms with Crippen molar-refractivity contribution in [3.63, 3.8) is 0 Å². The van der Waals surface area contributed by atoms with E-state index >= 15 is 0 Å². The van der Waals surface area contributed by atoms with Gasteiger partial charge in [-0.25, -0.2) is 5.01 Å². The van der Waals surface area contributed by atoms with Gasteiger partial charge < -0.3 is 5.32 Å². The number of rotatable bonds is 2. The monoisotopic (exact) mass is 171 g/mol. The van der Waals surface area contributed by atoms with E-state index in [1.54, 1.807) is 5.01 Å². The molecule has 1 aliphatic rings. The van der Waals surface area contributed by atoms with E-state index in [9.17, 15) is 4.79 Å². The first-order valence-electron chi connectivity index (χ1n) is 4.41. The normalized spacial score (nSPS) is 24.1. The fourth-order valence-corrected chi connectivity index (χ4v) is 1.37. The summed E-state index contributed by atoms with van der Waals surface area (Å²) in [6.45, 7) is 0.964. The molecule has 1 heterocycles. The maximum absolute atomic E-state index is 11.4. The van der Waals surface area contributed by atoms with Crippen LogP contribution in [0.15, 0.2) is 0 Å². The molecule has 70 valence electrons. The molecule has 4 heteroatoms. The highest BCUT2D eigenvalue weighted by Crippen LogP contribution is 2.06. The predicted octanol–water partition coefficient (Wildman–Crippen LogP) is -0.279. The van der Waals surface area contributed by atoms with Crippen LogP contribution in [0.3, 0.4) is 0 Å². The third kappa shape index (κ3) is 2.79. The minimum atomic E-state index is 0.0150. The summed E-state index contributed by atoms with van der Waals surface area (Å²) in [6, 6.07) is 0.0150. The van der Waals surface area contributed by atoms with E-state index < -0.39 is 0 Å². The van der Waals surface area contributed by atoms with Gasteiger partial charge in [-0.3, -0.25) is 10.2 Å². The van der Waals surface area contributed by atoms with Gasteiger partial charge in [0, 0.05) is 14.1 Å². The lowest BCUT2D eigenvalue weighted by molar-refractivity contribution is -0.127. The minimum Gasteiger partial charge on any atom is -0.306 e. The molecule has 0 aromatic heterocycles. The lowest BCUT2D eigenvalue weighted by Crippen LogP contribution is -2.50. The Bertz CT molecular complexity index is 152. The average Bonchev–Trinajstić information content (AvgIpc) is 2.05. The Hall–Kier alpha value is -0.610. The van der Waals surface area contributed by atoms with E-state index in [1.807, 2.05) is 14.1 Å². The largest absolute Gasteiger partial charge is 0.306 e. The van der Waals surface area contributed by atoms with E-state index in [0.717, 1.165) is 19.4 Å². The Morgan fingerprint density at radius 1 is 1.50 bits per heavy atom. The van der Waals surface area contributed by atoms with E-state index in [-0.39, 0.29) is 11.9 Å². The van der Waals surface area contributed by atoms with E-state index in [2.05, 4.69) is 10.7 Å². The van der Waals surface area contributed by atoms with Crippen LogP contribution >= 0.6 is 0 Å². The third-order valence-corrected chi connectivity index (χ3v) is 1.96. The number of hydrazine groups is 1. The highest BCUT2D eigenvalue weighted by atomic mass is 16.2. The van der Waals surface area contributed by atoms with Gasteiger partial charge in [-0.15, -0.1) is 0 Å². The number of carbonyl (C=O) groups excluding carboxylic acids is 1. The lowest BCUT2D eigenvalue weighted by Gasteiger charge is -2.24. The molecule has 2 N–H and O–H groups in total. The Labute approximate surface area is 73.3 Å².